The van der Waals surface area contributed by atoms with Crippen LogP contribution in [0.4, 0.5) is 0 Å². The molecule has 0 radical (unpaired) electrons. The Morgan fingerprint density at radius 2 is 1.82 bits per heavy atom. The normalized spacial score (nSPS) is 17.7. The maximum Gasteiger partial charge on any atom is 0.168 e. The van der Waals surface area contributed by atoms with Gasteiger partial charge >= 0.3 is 0 Å². The molecule has 4 rings (SSSR count). The Bertz CT molecular complexity index is 1000. The van der Waals surface area contributed by atoms with Gasteiger partial charge in [0.05, 0.1) is 22.4 Å². The molecule has 0 amide bonds. The van der Waals surface area contributed by atoms with Crippen LogP contribution in [0, 0.1) is 12.8 Å². The van der Waals surface area contributed by atoms with Crippen LogP contribution in [0.25, 0.3) is 11.0 Å². The van der Waals surface area contributed by atoms with Gasteiger partial charge in [-0.3, -0.25) is 9.69 Å². The second kappa shape index (κ2) is 8.41. The molecule has 0 aliphatic carbocycles. The van der Waals surface area contributed by atoms with Crippen LogP contribution in [-0.2, 0) is 6.54 Å². The van der Waals surface area contributed by atoms with E-state index >= 15 is 0 Å². The Hall–Kier alpha value is -2.24. The number of Topliss-reactive ketones (excluding diaryl/α,β-unsaturated/α-hetero) is 1. The molecule has 1 atom stereocenters. The molecule has 2 aromatic carbocycles. The summed E-state index contributed by atoms with van der Waals surface area (Å²) in [5.41, 5.74) is 4.71. The minimum atomic E-state index is 0.0516. The second-order valence-corrected chi connectivity index (χ2v) is 8.23. The van der Waals surface area contributed by atoms with Gasteiger partial charge in [0, 0.05) is 29.5 Å². The maximum atomic E-state index is 13.2. The van der Waals surface area contributed by atoms with Gasteiger partial charge in [0.2, 0.25) is 0 Å². The molecule has 0 spiro atoms. The number of nitrogens with zero attached hydrogens (tertiary/aromatic N) is 3. The summed E-state index contributed by atoms with van der Waals surface area (Å²) in [7, 11) is 0. The van der Waals surface area contributed by atoms with Crippen molar-refractivity contribution in [2.75, 3.05) is 19.3 Å². The molecule has 4 nitrogen and oxygen atoms in total. The van der Waals surface area contributed by atoms with Crippen molar-refractivity contribution >= 4 is 28.6 Å². The summed E-state index contributed by atoms with van der Waals surface area (Å²) in [5, 5.41) is 0. The Morgan fingerprint density at radius 3 is 2.61 bits per heavy atom. The molecule has 144 valence electrons. The van der Waals surface area contributed by atoms with E-state index in [-0.39, 0.29) is 11.7 Å². The third-order valence-electron chi connectivity index (χ3n) is 5.47. The van der Waals surface area contributed by atoms with Crippen LogP contribution < -0.4 is 0 Å². The first-order valence-corrected chi connectivity index (χ1v) is 11.0. The summed E-state index contributed by atoms with van der Waals surface area (Å²) in [5.74, 6) is 0.326. The van der Waals surface area contributed by atoms with Gasteiger partial charge in [0.15, 0.2) is 5.78 Å². The molecule has 1 fully saturated rings. The fourth-order valence-electron chi connectivity index (χ4n) is 3.97. The van der Waals surface area contributed by atoms with Crippen LogP contribution >= 0.6 is 11.8 Å². The van der Waals surface area contributed by atoms with Gasteiger partial charge in [0.25, 0.3) is 0 Å². The summed E-state index contributed by atoms with van der Waals surface area (Å²) in [6.45, 7) is 4.56. The molecule has 5 heteroatoms. The van der Waals surface area contributed by atoms with Gasteiger partial charge in [0.1, 0.15) is 0 Å². The van der Waals surface area contributed by atoms with Crippen molar-refractivity contribution in [2.45, 2.75) is 31.2 Å². The highest BCUT2D eigenvalue weighted by atomic mass is 32.2. The average Bonchev–Trinajstić information content (AvgIpc) is 2.74. The van der Waals surface area contributed by atoms with Crippen LogP contribution in [0.5, 0.6) is 0 Å². The molecule has 1 aliphatic rings. The smallest absolute Gasteiger partial charge is 0.168 e. The Balaban J connectivity index is 1.51. The van der Waals surface area contributed by atoms with E-state index in [2.05, 4.69) is 4.90 Å². The lowest BCUT2D eigenvalue weighted by Gasteiger charge is -2.32. The molecule has 28 heavy (non-hydrogen) atoms. The molecule has 2 heterocycles. The van der Waals surface area contributed by atoms with Crippen LogP contribution in [0.1, 0.15) is 34.6 Å². The molecule has 1 saturated heterocycles. The Labute approximate surface area is 170 Å². The van der Waals surface area contributed by atoms with E-state index in [0.29, 0.717) is 0 Å². The van der Waals surface area contributed by atoms with Crippen LogP contribution in [0.15, 0.2) is 53.4 Å². The number of hydrogen-bond donors (Lipinski definition) is 0. The summed E-state index contributed by atoms with van der Waals surface area (Å²) in [6.07, 6.45) is 4.03. The maximum absolute atomic E-state index is 13.2. The number of thioether (sulfide) groups is 1. The predicted octanol–water partition coefficient (Wildman–Crippen LogP) is 4.76. The van der Waals surface area contributed by atoms with E-state index in [9.17, 15) is 4.79 Å². The number of aryl methyl sites for hydroxylation is 1. The number of likely N-dealkylation sites (tertiary alicyclic amines) is 1. The number of ketones is 1. The number of benzene rings is 2. The van der Waals surface area contributed by atoms with Crippen molar-refractivity contribution in [3.05, 3.63) is 65.5 Å². The Morgan fingerprint density at radius 1 is 1.11 bits per heavy atom. The highest BCUT2D eigenvalue weighted by Gasteiger charge is 2.28. The number of hydrogen-bond acceptors (Lipinski definition) is 5. The number of rotatable bonds is 5. The van der Waals surface area contributed by atoms with Crippen LogP contribution in [-0.4, -0.2) is 40.0 Å². The first-order chi connectivity index (χ1) is 13.7. The molecule has 1 aromatic heterocycles. The standard InChI is InChI=1S/C23H25N3OS/c1-16-21(25-20-11-5-4-10-19(20)24-16)15-26-13-7-8-17(14-26)23(27)18-9-3-6-12-22(18)28-2/h3-6,9-12,17H,7-8,13-15H2,1-2H3/t17-/m0/s1. The first kappa shape index (κ1) is 19.1. The zero-order valence-corrected chi connectivity index (χ0v) is 17.2. The van der Waals surface area contributed by atoms with Gasteiger partial charge in [-0.25, -0.2) is 9.97 Å². The summed E-state index contributed by atoms with van der Waals surface area (Å²) < 4.78 is 0. The van der Waals surface area contributed by atoms with Crippen molar-refractivity contribution < 1.29 is 4.79 Å². The zero-order chi connectivity index (χ0) is 19.5. The number of piperidine rings is 1. The molecule has 0 bridgehead atoms. The minimum Gasteiger partial charge on any atom is -0.297 e. The monoisotopic (exact) mass is 391 g/mol. The number of fused-ring (bicyclic) bond motifs is 1. The van der Waals surface area contributed by atoms with E-state index < -0.39 is 0 Å². The average molecular weight is 392 g/mol. The largest absolute Gasteiger partial charge is 0.297 e. The highest BCUT2D eigenvalue weighted by Crippen LogP contribution is 2.27. The van der Waals surface area contributed by atoms with Gasteiger partial charge < -0.3 is 0 Å². The lowest BCUT2D eigenvalue weighted by atomic mass is 9.90. The van der Waals surface area contributed by atoms with E-state index in [4.69, 9.17) is 9.97 Å². The summed E-state index contributed by atoms with van der Waals surface area (Å²) >= 11 is 1.64. The second-order valence-electron chi connectivity index (χ2n) is 7.38. The summed E-state index contributed by atoms with van der Waals surface area (Å²) in [6, 6.07) is 15.9. The quantitative estimate of drug-likeness (QED) is 0.464. The zero-order valence-electron chi connectivity index (χ0n) is 16.4. The van der Waals surface area contributed by atoms with E-state index in [1.807, 2.05) is 61.7 Å². The first-order valence-electron chi connectivity index (χ1n) is 9.77. The fourth-order valence-corrected chi connectivity index (χ4v) is 4.57. The third kappa shape index (κ3) is 3.96. The van der Waals surface area contributed by atoms with Crippen molar-refractivity contribution in [3.63, 3.8) is 0 Å². The molecule has 1 aliphatic heterocycles. The Kier molecular flexibility index (Phi) is 5.74. The van der Waals surface area contributed by atoms with Gasteiger partial charge in [-0.1, -0.05) is 30.3 Å². The molecule has 0 N–H and O–H groups in total. The molecular formula is C23H25N3OS. The van der Waals surface area contributed by atoms with Gasteiger partial charge in [-0.15, -0.1) is 11.8 Å². The number of carbonyl (C=O) groups is 1. The molecular weight excluding hydrogens is 366 g/mol. The van der Waals surface area contributed by atoms with Crippen LogP contribution in [0.2, 0.25) is 0 Å². The number of aromatic nitrogens is 2. The van der Waals surface area contributed by atoms with Crippen molar-refractivity contribution in [3.8, 4) is 0 Å². The molecule has 0 saturated carbocycles. The van der Waals surface area contributed by atoms with E-state index in [1.165, 1.54) is 0 Å². The minimum absolute atomic E-state index is 0.0516. The summed E-state index contributed by atoms with van der Waals surface area (Å²) in [4.78, 5) is 26.1. The molecule has 3 aromatic rings. The van der Waals surface area contributed by atoms with Crippen molar-refractivity contribution in [1.82, 2.24) is 14.9 Å². The fraction of sp³-hybridized carbons (Fsp3) is 0.348. The highest BCUT2D eigenvalue weighted by molar-refractivity contribution is 7.98. The topological polar surface area (TPSA) is 46.1 Å². The van der Waals surface area contributed by atoms with E-state index in [1.54, 1.807) is 11.8 Å². The van der Waals surface area contributed by atoms with Gasteiger partial charge in [-0.05, 0) is 50.8 Å². The van der Waals surface area contributed by atoms with Crippen molar-refractivity contribution in [1.29, 1.82) is 0 Å². The van der Waals surface area contributed by atoms with Crippen LogP contribution in [0.3, 0.4) is 0 Å². The van der Waals surface area contributed by atoms with E-state index in [0.717, 1.165) is 65.4 Å². The van der Waals surface area contributed by atoms with Crippen molar-refractivity contribution in [2.24, 2.45) is 5.92 Å². The SMILES string of the molecule is CSc1ccccc1C(=O)[C@H]1CCCN(Cc2nc3ccccc3nc2C)C1. The van der Waals surface area contributed by atoms with Gasteiger partial charge in [-0.2, -0.15) is 0 Å². The molecule has 0 unspecified atom stereocenters. The lowest BCUT2D eigenvalue weighted by Crippen LogP contribution is -2.38. The number of carbonyl (C=O) groups excluding carboxylic acids is 1. The lowest BCUT2D eigenvalue weighted by molar-refractivity contribution is 0.0807. The predicted molar refractivity (Wildman–Crippen MR) is 115 cm³/mol. The third-order valence-corrected chi connectivity index (χ3v) is 6.26. The number of para-hydroxylation sites is 2.